The molecular weight excluding hydrogens is 321 g/mol. The number of halogens is 2. The Morgan fingerprint density at radius 1 is 1.14 bits per heavy atom. The maximum absolute atomic E-state index is 12.2. The van der Waals surface area contributed by atoms with Gasteiger partial charge in [-0.25, -0.2) is 0 Å². The number of carbonyl (C=O) groups excluding carboxylic acids is 1. The Balaban J connectivity index is 2.03. The molecule has 22 heavy (non-hydrogen) atoms. The van der Waals surface area contributed by atoms with Crippen LogP contribution in [0.4, 0.5) is 0 Å². The molecule has 1 N–H and O–H groups in total. The van der Waals surface area contributed by atoms with Gasteiger partial charge in [-0.05, 0) is 42.8 Å². The predicted molar refractivity (Wildman–Crippen MR) is 89.7 cm³/mol. The quantitative estimate of drug-likeness (QED) is 0.876. The molecule has 3 nitrogen and oxygen atoms in total. The zero-order valence-electron chi connectivity index (χ0n) is 12.4. The largest absolute Gasteiger partial charge is 0.496 e. The highest BCUT2D eigenvalue weighted by Gasteiger charge is 2.13. The summed E-state index contributed by atoms with van der Waals surface area (Å²) in [4.78, 5) is 12.2. The molecule has 0 radical (unpaired) electrons. The van der Waals surface area contributed by atoms with Gasteiger partial charge in [-0.15, -0.1) is 0 Å². The topological polar surface area (TPSA) is 38.3 Å². The zero-order valence-corrected chi connectivity index (χ0v) is 13.9. The molecule has 0 saturated carbocycles. The molecule has 0 fully saturated rings. The van der Waals surface area contributed by atoms with Crippen LogP contribution in [0.3, 0.4) is 0 Å². The first-order valence-electron chi connectivity index (χ1n) is 6.87. The van der Waals surface area contributed by atoms with Crippen molar-refractivity contribution in [2.75, 3.05) is 7.11 Å². The molecule has 2 aromatic rings. The Morgan fingerprint density at radius 2 is 1.77 bits per heavy atom. The number of hydrogen-bond donors (Lipinski definition) is 1. The van der Waals surface area contributed by atoms with Crippen molar-refractivity contribution in [2.45, 2.75) is 19.4 Å². The van der Waals surface area contributed by atoms with Crippen LogP contribution in [0, 0.1) is 0 Å². The van der Waals surface area contributed by atoms with Gasteiger partial charge in [-0.2, -0.15) is 0 Å². The van der Waals surface area contributed by atoms with E-state index in [2.05, 4.69) is 5.32 Å². The first-order valence-corrected chi connectivity index (χ1v) is 7.62. The highest BCUT2D eigenvalue weighted by Crippen LogP contribution is 2.23. The third-order valence-electron chi connectivity index (χ3n) is 3.34. The van der Waals surface area contributed by atoms with E-state index in [-0.39, 0.29) is 18.4 Å². The van der Waals surface area contributed by atoms with Gasteiger partial charge in [0.05, 0.1) is 19.6 Å². The van der Waals surface area contributed by atoms with E-state index in [4.69, 9.17) is 27.9 Å². The number of amides is 1. The number of rotatable bonds is 5. The maximum atomic E-state index is 12.2. The molecule has 1 unspecified atom stereocenters. The van der Waals surface area contributed by atoms with Crippen LogP contribution in [0.5, 0.6) is 5.75 Å². The van der Waals surface area contributed by atoms with Gasteiger partial charge in [0.1, 0.15) is 5.75 Å². The van der Waals surface area contributed by atoms with Gasteiger partial charge in [0, 0.05) is 15.6 Å². The molecule has 1 atom stereocenters. The summed E-state index contributed by atoms with van der Waals surface area (Å²) in [5.74, 6) is 0.557. The molecular formula is C17H17Cl2NO2. The Morgan fingerprint density at radius 3 is 2.41 bits per heavy atom. The van der Waals surface area contributed by atoms with Crippen LogP contribution in [0.25, 0.3) is 0 Å². The fraction of sp³-hybridized carbons (Fsp3) is 0.235. The van der Waals surface area contributed by atoms with Crippen molar-refractivity contribution in [2.24, 2.45) is 0 Å². The Bertz CT molecular complexity index is 656. The van der Waals surface area contributed by atoms with Gasteiger partial charge in [0.2, 0.25) is 5.91 Å². The fourth-order valence-corrected chi connectivity index (χ4v) is 2.51. The fourth-order valence-electron chi connectivity index (χ4n) is 2.19. The second-order valence-corrected chi connectivity index (χ2v) is 5.85. The number of hydrogen-bond acceptors (Lipinski definition) is 2. The first-order chi connectivity index (χ1) is 10.5. The van der Waals surface area contributed by atoms with Crippen LogP contribution < -0.4 is 10.1 Å². The van der Waals surface area contributed by atoms with Crippen LogP contribution in [-0.2, 0) is 11.2 Å². The maximum Gasteiger partial charge on any atom is 0.225 e. The second kappa shape index (κ2) is 7.52. The standard InChI is InChI=1S/C17H17Cl2NO2/c1-11(12-3-5-14(18)6-4-12)20-17(21)10-13-9-15(19)7-8-16(13)22-2/h3-9,11H,10H2,1-2H3,(H,20,21). The molecule has 0 bridgehead atoms. The lowest BCUT2D eigenvalue weighted by Crippen LogP contribution is -2.28. The van der Waals surface area contributed by atoms with E-state index >= 15 is 0 Å². The molecule has 0 aliphatic carbocycles. The molecule has 0 aliphatic rings. The molecule has 2 rings (SSSR count). The summed E-state index contributed by atoms with van der Waals surface area (Å²) in [6.45, 7) is 1.93. The van der Waals surface area contributed by atoms with Crippen molar-refractivity contribution in [3.63, 3.8) is 0 Å². The third kappa shape index (κ3) is 4.39. The number of methoxy groups -OCH3 is 1. The van der Waals surface area contributed by atoms with Crippen molar-refractivity contribution in [3.05, 3.63) is 63.6 Å². The predicted octanol–water partition coefficient (Wildman–Crippen LogP) is 4.42. The SMILES string of the molecule is COc1ccc(Cl)cc1CC(=O)NC(C)c1ccc(Cl)cc1. The van der Waals surface area contributed by atoms with Crippen molar-refractivity contribution in [3.8, 4) is 5.75 Å². The Labute approximate surface area is 140 Å². The highest BCUT2D eigenvalue weighted by molar-refractivity contribution is 6.30. The summed E-state index contributed by atoms with van der Waals surface area (Å²) < 4.78 is 5.25. The average Bonchev–Trinajstić information content (AvgIpc) is 2.48. The van der Waals surface area contributed by atoms with Crippen LogP contribution in [-0.4, -0.2) is 13.0 Å². The van der Waals surface area contributed by atoms with E-state index in [0.717, 1.165) is 11.1 Å². The second-order valence-electron chi connectivity index (χ2n) is 4.97. The van der Waals surface area contributed by atoms with Gasteiger partial charge < -0.3 is 10.1 Å². The van der Waals surface area contributed by atoms with Gasteiger partial charge in [0.15, 0.2) is 0 Å². The molecule has 0 aliphatic heterocycles. The van der Waals surface area contributed by atoms with Crippen molar-refractivity contribution >= 4 is 29.1 Å². The summed E-state index contributed by atoms with van der Waals surface area (Å²) in [5, 5.41) is 4.20. The third-order valence-corrected chi connectivity index (χ3v) is 3.83. The number of ether oxygens (including phenoxy) is 1. The van der Waals surface area contributed by atoms with E-state index in [1.807, 2.05) is 19.1 Å². The van der Waals surface area contributed by atoms with Crippen molar-refractivity contribution in [1.82, 2.24) is 5.32 Å². The molecule has 5 heteroatoms. The summed E-state index contributed by atoms with van der Waals surface area (Å²) >= 11 is 11.8. The Hall–Kier alpha value is -1.71. The lowest BCUT2D eigenvalue weighted by Gasteiger charge is -2.15. The number of nitrogens with one attached hydrogen (secondary N) is 1. The molecule has 0 spiro atoms. The lowest BCUT2D eigenvalue weighted by molar-refractivity contribution is -0.121. The molecule has 0 saturated heterocycles. The highest BCUT2D eigenvalue weighted by atomic mass is 35.5. The van der Waals surface area contributed by atoms with E-state index in [1.54, 1.807) is 37.4 Å². The first kappa shape index (κ1) is 16.7. The van der Waals surface area contributed by atoms with E-state index < -0.39 is 0 Å². The molecule has 116 valence electrons. The molecule has 2 aromatic carbocycles. The monoisotopic (exact) mass is 337 g/mol. The zero-order chi connectivity index (χ0) is 16.1. The smallest absolute Gasteiger partial charge is 0.225 e. The lowest BCUT2D eigenvalue weighted by atomic mass is 10.1. The normalized spacial score (nSPS) is 11.8. The summed E-state index contributed by atoms with van der Waals surface area (Å²) in [5.41, 5.74) is 1.76. The van der Waals surface area contributed by atoms with Crippen LogP contribution in [0.1, 0.15) is 24.1 Å². The molecule has 0 heterocycles. The molecule has 0 aromatic heterocycles. The Kier molecular flexibility index (Phi) is 5.69. The van der Waals surface area contributed by atoms with Gasteiger partial charge >= 0.3 is 0 Å². The number of carbonyl (C=O) groups is 1. The summed E-state index contributed by atoms with van der Waals surface area (Å²) in [6.07, 6.45) is 0.210. The minimum absolute atomic E-state index is 0.0944. The van der Waals surface area contributed by atoms with E-state index in [0.29, 0.717) is 15.8 Å². The van der Waals surface area contributed by atoms with Crippen LogP contribution in [0.15, 0.2) is 42.5 Å². The minimum Gasteiger partial charge on any atom is -0.496 e. The summed E-state index contributed by atoms with van der Waals surface area (Å²) in [6, 6.07) is 12.5. The van der Waals surface area contributed by atoms with Crippen molar-refractivity contribution < 1.29 is 9.53 Å². The van der Waals surface area contributed by atoms with E-state index in [9.17, 15) is 4.79 Å². The van der Waals surface area contributed by atoms with Crippen LogP contribution >= 0.6 is 23.2 Å². The van der Waals surface area contributed by atoms with Crippen LogP contribution in [0.2, 0.25) is 10.0 Å². The minimum atomic E-state index is -0.102. The van der Waals surface area contributed by atoms with Gasteiger partial charge in [-0.3, -0.25) is 4.79 Å². The average molecular weight is 338 g/mol. The van der Waals surface area contributed by atoms with E-state index in [1.165, 1.54) is 0 Å². The molecule has 1 amide bonds. The van der Waals surface area contributed by atoms with Gasteiger partial charge in [-0.1, -0.05) is 35.3 Å². The van der Waals surface area contributed by atoms with Gasteiger partial charge in [0.25, 0.3) is 0 Å². The number of benzene rings is 2. The van der Waals surface area contributed by atoms with Crippen molar-refractivity contribution in [1.29, 1.82) is 0 Å². The summed E-state index contributed by atoms with van der Waals surface area (Å²) in [7, 11) is 1.57.